The fourth-order valence-corrected chi connectivity index (χ4v) is 1.21. The molecule has 3 N–H and O–H groups in total. The largest absolute Gasteiger partial charge is 0.396 e. The van der Waals surface area contributed by atoms with Gasteiger partial charge in [-0.15, -0.1) is 12.4 Å². The van der Waals surface area contributed by atoms with Crippen LogP contribution in [-0.4, -0.2) is 11.7 Å². The van der Waals surface area contributed by atoms with Crippen LogP contribution >= 0.6 is 12.4 Å². The van der Waals surface area contributed by atoms with Gasteiger partial charge >= 0.3 is 0 Å². The summed E-state index contributed by atoms with van der Waals surface area (Å²) in [5.41, 5.74) is 6.83. The van der Waals surface area contributed by atoms with Crippen molar-refractivity contribution in [2.45, 2.75) is 19.9 Å². The molecule has 0 aliphatic heterocycles. The lowest BCUT2D eigenvalue weighted by Crippen LogP contribution is -2.32. The summed E-state index contributed by atoms with van der Waals surface area (Å²) in [5.74, 6) is 0. The molecular weight excluding hydrogens is 198 g/mol. The molecule has 0 aromatic heterocycles. The monoisotopic (exact) mass is 215 g/mol. The fourth-order valence-electron chi connectivity index (χ4n) is 1.21. The Balaban J connectivity index is 0.00000169. The van der Waals surface area contributed by atoms with Gasteiger partial charge in [0.1, 0.15) is 0 Å². The zero-order chi connectivity index (χ0) is 9.90. The average molecular weight is 216 g/mol. The molecule has 0 fully saturated rings. The van der Waals surface area contributed by atoms with Gasteiger partial charge in [-0.3, -0.25) is 0 Å². The Hall–Kier alpha value is -0.570. The van der Waals surface area contributed by atoms with Crippen LogP contribution in [0.25, 0.3) is 0 Å². The summed E-state index contributed by atoms with van der Waals surface area (Å²) < 4.78 is 0. The van der Waals surface area contributed by atoms with Crippen molar-refractivity contribution in [3.8, 4) is 0 Å². The second kappa shape index (κ2) is 5.35. The van der Waals surface area contributed by atoms with Gasteiger partial charge in [0.25, 0.3) is 0 Å². The van der Waals surface area contributed by atoms with Crippen molar-refractivity contribution in [2.24, 2.45) is 11.1 Å². The van der Waals surface area contributed by atoms with Crippen LogP contribution in [0.2, 0.25) is 0 Å². The molecule has 14 heavy (non-hydrogen) atoms. The quantitative estimate of drug-likeness (QED) is 0.812. The summed E-state index contributed by atoms with van der Waals surface area (Å²) in [6.45, 7) is 4.03. The molecule has 0 spiro atoms. The van der Waals surface area contributed by atoms with Gasteiger partial charge in [-0.2, -0.15) is 0 Å². The van der Waals surface area contributed by atoms with Crippen molar-refractivity contribution in [2.75, 3.05) is 6.61 Å². The summed E-state index contributed by atoms with van der Waals surface area (Å²) >= 11 is 0. The Bertz CT molecular complexity index is 261. The lowest BCUT2D eigenvalue weighted by atomic mass is 9.82. The number of aliphatic hydroxyl groups is 1. The van der Waals surface area contributed by atoms with Crippen LogP contribution in [0.4, 0.5) is 0 Å². The van der Waals surface area contributed by atoms with E-state index in [1.54, 1.807) is 0 Å². The van der Waals surface area contributed by atoms with E-state index in [0.717, 1.165) is 5.56 Å². The van der Waals surface area contributed by atoms with Crippen LogP contribution in [0.3, 0.4) is 0 Å². The Morgan fingerprint density at radius 1 is 1.29 bits per heavy atom. The molecule has 1 rings (SSSR count). The van der Waals surface area contributed by atoms with Crippen LogP contribution in [0.1, 0.15) is 25.5 Å². The number of rotatable bonds is 3. The molecule has 0 amide bonds. The predicted octanol–water partition coefficient (Wildman–Crippen LogP) is 2.13. The predicted molar refractivity (Wildman–Crippen MR) is 61.5 cm³/mol. The first-order valence-corrected chi connectivity index (χ1v) is 4.49. The summed E-state index contributed by atoms with van der Waals surface area (Å²) in [7, 11) is 0. The Morgan fingerprint density at radius 3 is 2.21 bits per heavy atom. The van der Waals surface area contributed by atoms with Crippen molar-refractivity contribution in [3.05, 3.63) is 35.9 Å². The van der Waals surface area contributed by atoms with Crippen LogP contribution < -0.4 is 5.73 Å². The molecule has 1 aromatic carbocycles. The zero-order valence-electron chi connectivity index (χ0n) is 8.60. The van der Waals surface area contributed by atoms with Crippen LogP contribution in [-0.2, 0) is 0 Å². The second-order valence-electron chi connectivity index (χ2n) is 4.04. The van der Waals surface area contributed by atoms with Crippen molar-refractivity contribution in [1.29, 1.82) is 0 Å². The smallest absolute Gasteiger partial charge is 0.0500 e. The summed E-state index contributed by atoms with van der Waals surface area (Å²) in [4.78, 5) is 0. The highest BCUT2D eigenvalue weighted by atomic mass is 35.5. The van der Waals surface area contributed by atoms with Gasteiger partial charge in [0.05, 0.1) is 0 Å². The minimum absolute atomic E-state index is 0. The summed E-state index contributed by atoms with van der Waals surface area (Å²) in [5, 5.41) is 9.15. The first-order valence-electron chi connectivity index (χ1n) is 4.49. The van der Waals surface area contributed by atoms with Crippen molar-refractivity contribution in [1.82, 2.24) is 0 Å². The van der Waals surface area contributed by atoms with Crippen molar-refractivity contribution < 1.29 is 5.11 Å². The molecule has 0 aliphatic rings. The van der Waals surface area contributed by atoms with Crippen LogP contribution in [0, 0.1) is 5.41 Å². The second-order valence-corrected chi connectivity index (χ2v) is 4.04. The van der Waals surface area contributed by atoms with E-state index in [0.29, 0.717) is 0 Å². The fraction of sp³-hybridized carbons (Fsp3) is 0.455. The molecule has 80 valence electrons. The van der Waals surface area contributed by atoms with E-state index in [-0.39, 0.29) is 30.5 Å². The number of hydrogen-bond donors (Lipinski definition) is 2. The molecule has 0 saturated carbocycles. The molecular formula is C11H18ClNO. The van der Waals surface area contributed by atoms with E-state index < -0.39 is 0 Å². The number of benzene rings is 1. The number of nitrogens with two attached hydrogens (primary N) is 1. The molecule has 0 heterocycles. The maximum atomic E-state index is 9.15. The molecule has 2 nitrogen and oxygen atoms in total. The third-order valence-corrected chi connectivity index (χ3v) is 2.41. The maximum Gasteiger partial charge on any atom is 0.0500 e. The van der Waals surface area contributed by atoms with Crippen molar-refractivity contribution in [3.63, 3.8) is 0 Å². The van der Waals surface area contributed by atoms with E-state index >= 15 is 0 Å². The topological polar surface area (TPSA) is 46.2 Å². The maximum absolute atomic E-state index is 9.15. The summed E-state index contributed by atoms with van der Waals surface area (Å²) in [6.07, 6.45) is 0. The van der Waals surface area contributed by atoms with E-state index in [1.165, 1.54) is 0 Å². The van der Waals surface area contributed by atoms with Gasteiger partial charge in [0, 0.05) is 18.1 Å². The lowest BCUT2D eigenvalue weighted by molar-refractivity contribution is 0.132. The summed E-state index contributed by atoms with van der Waals surface area (Å²) in [6, 6.07) is 9.75. The van der Waals surface area contributed by atoms with E-state index in [1.807, 2.05) is 44.2 Å². The Labute approximate surface area is 91.5 Å². The van der Waals surface area contributed by atoms with E-state index in [2.05, 4.69) is 0 Å². The van der Waals surface area contributed by atoms with Crippen molar-refractivity contribution >= 4 is 12.4 Å². The first-order chi connectivity index (χ1) is 6.08. The average Bonchev–Trinajstić information content (AvgIpc) is 2.18. The van der Waals surface area contributed by atoms with Gasteiger partial charge in [-0.25, -0.2) is 0 Å². The van der Waals surface area contributed by atoms with Gasteiger partial charge in [-0.05, 0) is 5.56 Å². The van der Waals surface area contributed by atoms with Gasteiger partial charge in [0.2, 0.25) is 0 Å². The molecule has 3 heteroatoms. The highest BCUT2D eigenvalue weighted by molar-refractivity contribution is 5.85. The third kappa shape index (κ3) is 2.98. The third-order valence-electron chi connectivity index (χ3n) is 2.41. The normalized spacial score (nSPS) is 13.1. The number of hydrogen-bond acceptors (Lipinski definition) is 2. The van der Waals surface area contributed by atoms with Crippen LogP contribution in [0.5, 0.6) is 0 Å². The van der Waals surface area contributed by atoms with E-state index in [9.17, 15) is 0 Å². The number of halogens is 1. The lowest BCUT2D eigenvalue weighted by Gasteiger charge is -2.29. The molecule has 0 saturated heterocycles. The molecule has 0 aliphatic carbocycles. The molecule has 0 radical (unpaired) electrons. The minimum atomic E-state index is -0.263. The standard InChI is InChI=1S/C11H17NO.ClH/c1-11(2,8-13)10(12)9-6-4-3-5-7-9;/h3-7,10,13H,8,12H2,1-2H3;1H/t10-;/m0./s1. The zero-order valence-corrected chi connectivity index (χ0v) is 9.42. The van der Waals surface area contributed by atoms with Gasteiger partial charge < -0.3 is 10.8 Å². The van der Waals surface area contributed by atoms with E-state index in [4.69, 9.17) is 10.8 Å². The van der Waals surface area contributed by atoms with Gasteiger partial charge in [-0.1, -0.05) is 44.2 Å². The Morgan fingerprint density at radius 2 is 1.79 bits per heavy atom. The molecule has 0 unspecified atom stereocenters. The first kappa shape index (κ1) is 13.4. The SMILES string of the molecule is CC(C)(CO)[C@@H](N)c1ccccc1.Cl. The highest BCUT2D eigenvalue weighted by Gasteiger charge is 2.26. The Kier molecular flexibility index (Phi) is 5.13. The molecule has 1 atom stereocenters. The minimum Gasteiger partial charge on any atom is -0.396 e. The molecule has 0 bridgehead atoms. The van der Waals surface area contributed by atoms with Crippen LogP contribution in [0.15, 0.2) is 30.3 Å². The molecule has 1 aromatic rings. The highest BCUT2D eigenvalue weighted by Crippen LogP contribution is 2.30. The van der Waals surface area contributed by atoms with Gasteiger partial charge in [0.15, 0.2) is 0 Å². The number of aliphatic hydroxyl groups excluding tert-OH is 1.